The van der Waals surface area contributed by atoms with E-state index >= 15 is 0 Å². The van der Waals surface area contributed by atoms with Crippen LogP contribution >= 0.6 is 0 Å². The first-order valence-electron chi connectivity index (χ1n) is 6.06. The molecule has 0 saturated heterocycles. The van der Waals surface area contributed by atoms with Gasteiger partial charge in [-0.05, 0) is 24.3 Å². The van der Waals surface area contributed by atoms with Gasteiger partial charge in [0, 0.05) is 24.7 Å². The molecule has 0 fully saturated rings. The van der Waals surface area contributed by atoms with E-state index < -0.39 is 0 Å². The third-order valence-electron chi connectivity index (χ3n) is 3.26. The second kappa shape index (κ2) is 4.24. The summed E-state index contributed by atoms with van der Waals surface area (Å²) in [5, 5.41) is 4.52. The molecule has 3 rings (SSSR count). The molecule has 0 aliphatic heterocycles. The van der Waals surface area contributed by atoms with Gasteiger partial charge in [-0.3, -0.25) is 4.79 Å². The summed E-state index contributed by atoms with van der Waals surface area (Å²) in [6, 6.07) is 15.0. The van der Waals surface area contributed by atoms with Gasteiger partial charge in [-0.1, -0.05) is 16.8 Å². The third-order valence-corrected chi connectivity index (χ3v) is 3.26. The number of anilines is 1. The van der Waals surface area contributed by atoms with E-state index in [2.05, 4.69) is 5.10 Å². The fraction of sp³-hybridized carbons (Fsp3) is 0.0667. The lowest BCUT2D eigenvalue weighted by molar-refractivity contribution is -0.665. The Balaban J connectivity index is 2.33. The molecule has 2 aromatic carbocycles. The highest BCUT2D eigenvalue weighted by molar-refractivity contribution is 5.82. The lowest BCUT2D eigenvalue weighted by Crippen LogP contribution is -2.43. The first-order chi connectivity index (χ1) is 9.16. The van der Waals surface area contributed by atoms with Gasteiger partial charge >= 0.3 is 5.56 Å². The van der Waals surface area contributed by atoms with Crippen molar-refractivity contribution < 1.29 is 4.68 Å². The zero-order chi connectivity index (χ0) is 13.4. The van der Waals surface area contributed by atoms with Gasteiger partial charge < -0.3 is 5.73 Å². The van der Waals surface area contributed by atoms with E-state index in [1.165, 1.54) is 0 Å². The average molecular weight is 252 g/mol. The average Bonchev–Trinajstić information content (AvgIpc) is 2.44. The fourth-order valence-electron chi connectivity index (χ4n) is 2.24. The van der Waals surface area contributed by atoms with Crippen molar-refractivity contribution in [1.82, 2.24) is 5.10 Å². The maximum atomic E-state index is 12.1. The number of aryl methyl sites for hydroxylation is 1. The quantitative estimate of drug-likeness (QED) is 0.511. The summed E-state index contributed by atoms with van der Waals surface area (Å²) in [6.07, 6.45) is 0. The van der Waals surface area contributed by atoms with E-state index in [0.29, 0.717) is 11.1 Å². The van der Waals surface area contributed by atoms with Gasteiger partial charge in [0.25, 0.3) is 0 Å². The summed E-state index contributed by atoms with van der Waals surface area (Å²) < 4.78 is 1.78. The molecule has 4 heteroatoms. The SMILES string of the molecule is Cc1c2ccccc2c(=O)[nH][n+]1-c1ccc(N)cc1. The maximum Gasteiger partial charge on any atom is 0.306 e. The van der Waals surface area contributed by atoms with Crippen molar-refractivity contribution in [2.24, 2.45) is 0 Å². The number of benzene rings is 2. The Bertz CT molecular complexity index is 804. The minimum absolute atomic E-state index is 0.0991. The summed E-state index contributed by atoms with van der Waals surface area (Å²) in [7, 11) is 0. The molecular weight excluding hydrogens is 238 g/mol. The number of rotatable bonds is 1. The molecule has 19 heavy (non-hydrogen) atoms. The van der Waals surface area contributed by atoms with E-state index in [-0.39, 0.29) is 5.56 Å². The highest BCUT2D eigenvalue weighted by atomic mass is 16.1. The lowest BCUT2D eigenvalue weighted by Gasteiger charge is -2.02. The fourth-order valence-corrected chi connectivity index (χ4v) is 2.24. The van der Waals surface area contributed by atoms with Crippen LogP contribution in [0.3, 0.4) is 0 Å². The number of hydrogen-bond acceptors (Lipinski definition) is 2. The molecule has 0 saturated carbocycles. The number of fused-ring (bicyclic) bond motifs is 1. The predicted molar refractivity (Wildman–Crippen MR) is 75.3 cm³/mol. The molecule has 94 valence electrons. The summed E-state index contributed by atoms with van der Waals surface area (Å²) in [4.78, 5) is 12.1. The van der Waals surface area contributed by atoms with Gasteiger partial charge in [-0.15, -0.1) is 5.10 Å². The Hall–Kier alpha value is -2.62. The van der Waals surface area contributed by atoms with E-state index in [1.807, 2.05) is 55.5 Å². The molecule has 0 bridgehead atoms. The number of nitrogens with two attached hydrogens (primary N) is 1. The van der Waals surface area contributed by atoms with Crippen LogP contribution in [-0.4, -0.2) is 5.10 Å². The first-order valence-corrected chi connectivity index (χ1v) is 6.06. The highest BCUT2D eigenvalue weighted by Crippen LogP contribution is 2.12. The van der Waals surface area contributed by atoms with E-state index in [0.717, 1.165) is 16.8 Å². The Morgan fingerprint density at radius 2 is 1.63 bits per heavy atom. The molecule has 4 nitrogen and oxygen atoms in total. The predicted octanol–water partition coefficient (Wildman–Crippen LogP) is 1.70. The largest absolute Gasteiger partial charge is 0.399 e. The number of nitrogens with zero attached hydrogens (tertiary/aromatic N) is 1. The Labute approximate surface area is 110 Å². The normalized spacial score (nSPS) is 10.8. The third kappa shape index (κ3) is 1.87. The van der Waals surface area contributed by atoms with Crippen molar-refractivity contribution >= 4 is 16.5 Å². The zero-order valence-corrected chi connectivity index (χ0v) is 10.6. The number of hydrogen-bond donors (Lipinski definition) is 2. The Kier molecular flexibility index (Phi) is 2.56. The van der Waals surface area contributed by atoms with Gasteiger partial charge in [0.1, 0.15) is 0 Å². The standard InChI is InChI=1S/C15H13N3O/c1-10-13-4-2-3-5-14(13)15(19)17-18(10)12-8-6-11(16)7-9-12/h2-9H,1H3,(H2-,16,17,19)/p+1. The van der Waals surface area contributed by atoms with Crippen molar-refractivity contribution in [3.63, 3.8) is 0 Å². The number of H-pyrrole nitrogens is 1. The highest BCUT2D eigenvalue weighted by Gasteiger charge is 2.16. The molecule has 0 spiro atoms. The van der Waals surface area contributed by atoms with E-state index in [9.17, 15) is 4.79 Å². The summed E-state index contributed by atoms with van der Waals surface area (Å²) >= 11 is 0. The minimum atomic E-state index is -0.0991. The van der Waals surface area contributed by atoms with Crippen LogP contribution in [0.5, 0.6) is 0 Å². The van der Waals surface area contributed by atoms with Crippen LogP contribution in [0, 0.1) is 6.92 Å². The summed E-state index contributed by atoms with van der Waals surface area (Å²) in [5.74, 6) is 0. The number of nitrogens with one attached hydrogen (secondary N) is 1. The molecule has 0 unspecified atom stereocenters. The van der Waals surface area contributed by atoms with Gasteiger partial charge in [0.15, 0.2) is 0 Å². The van der Waals surface area contributed by atoms with Crippen LogP contribution in [0.4, 0.5) is 5.69 Å². The molecule has 1 aromatic heterocycles. The second-order valence-electron chi connectivity index (χ2n) is 4.50. The van der Waals surface area contributed by atoms with Gasteiger partial charge in [0.05, 0.1) is 10.8 Å². The van der Waals surface area contributed by atoms with Crippen LogP contribution < -0.4 is 16.0 Å². The van der Waals surface area contributed by atoms with E-state index in [1.54, 1.807) is 4.68 Å². The van der Waals surface area contributed by atoms with Crippen LogP contribution in [0.25, 0.3) is 16.5 Å². The molecule has 0 aliphatic carbocycles. The number of aromatic nitrogens is 2. The van der Waals surface area contributed by atoms with Crippen LogP contribution in [0.15, 0.2) is 53.3 Å². The second-order valence-corrected chi connectivity index (χ2v) is 4.50. The zero-order valence-electron chi connectivity index (χ0n) is 10.6. The summed E-state index contributed by atoms with van der Waals surface area (Å²) in [6.45, 7) is 1.98. The van der Waals surface area contributed by atoms with Crippen LogP contribution in [-0.2, 0) is 0 Å². The molecule has 0 aliphatic rings. The van der Waals surface area contributed by atoms with Crippen molar-refractivity contribution in [2.75, 3.05) is 5.73 Å². The van der Waals surface area contributed by atoms with Crippen molar-refractivity contribution in [3.05, 3.63) is 64.6 Å². The number of nitrogen functional groups attached to an aromatic ring is 1. The summed E-state index contributed by atoms with van der Waals surface area (Å²) in [5.41, 5.74) is 8.15. The monoisotopic (exact) mass is 252 g/mol. The molecule has 1 heterocycles. The van der Waals surface area contributed by atoms with Gasteiger partial charge in [0.2, 0.25) is 11.4 Å². The van der Waals surface area contributed by atoms with Crippen molar-refractivity contribution in [2.45, 2.75) is 6.92 Å². The molecule has 3 aromatic rings. The van der Waals surface area contributed by atoms with Gasteiger partial charge in [-0.2, -0.15) is 0 Å². The maximum absolute atomic E-state index is 12.1. The van der Waals surface area contributed by atoms with Crippen molar-refractivity contribution in [1.29, 1.82) is 0 Å². The topological polar surface area (TPSA) is 62.8 Å². The minimum Gasteiger partial charge on any atom is -0.399 e. The molecule has 3 N–H and O–H groups in total. The molecule has 0 amide bonds. The lowest BCUT2D eigenvalue weighted by atomic mass is 10.1. The Morgan fingerprint density at radius 3 is 2.32 bits per heavy atom. The smallest absolute Gasteiger partial charge is 0.306 e. The molecule has 0 atom stereocenters. The first kappa shape index (κ1) is 11.5. The van der Waals surface area contributed by atoms with Crippen molar-refractivity contribution in [3.8, 4) is 5.69 Å². The molecule has 0 radical (unpaired) electrons. The van der Waals surface area contributed by atoms with Crippen LogP contribution in [0.1, 0.15) is 5.69 Å². The molecular formula is C15H14N3O+. The Morgan fingerprint density at radius 1 is 1.00 bits per heavy atom. The van der Waals surface area contributed by atoms with E-state index in [4.69, 9.17) is 5.73 Å². The van der Waals surface area contributed by atoms with Gasteiger partial charge in [-0.25, -0.2) is 0 Å². The number of aromatic amines is 1. The van der Waals surface area contributed by atoms with Crippen LogP contribution in [0.2, 0.25) is 0 Å².